The van der Waals surface area contributed by atoms with Crippen LogP contribution in [0.5, 0.6) is 0 Å². The molecule has 1 aromatic carbocycles. The summed E-state index contributed by atoms with van der Waals surface area (Å²) in [7, 11) is -3.64. The van der Waals surface area contributed by atoms with Crippen LogP contribution in [0.4, 0.5) is 5.69 Å². The average molecular weight is 415 g/mol. The van der Waals surface area contributed by atoms with E-state index in [4.69, 9.17) is 16.3 Å². The monoisotopic (exact) mass is 414 g/mol. The summed E-state index contributed by atoms with van der Waals surface area (Å²) >= 11 is 6.12. The van der Waals surface area contributed by atoms with E-state index >= 15 is 0 Å². The quantitative estimate of drug-likeness (QED) is 0.722. The van der Waals surface area contributed by atoms with Crippen molar-refractivity contribution in [2.75, 3.05) is 18.4 Å². The van der Waals surface area contributed by atoms with Crippen LogP contribution in [0.15, 0.2) is 23.1 Å². The van der Waals surface area contributed by atoms with Crippen LogP contribution in [0.3, 0.4) is 0 Å². The van der Waals surface area contributed by atoms with Gasteiger partial charge in [0, 0.05) is 13.1 Å². The molecule has 7 nitrogen and oxygen atoms in total. The Labute approximate surface area is 164 Å². The van der Waals surface area contributed by atoms with Crippen LogP contribution in [0.2, 0.25) is 5.02 Å². The van der Waals surface area contributed by atoms with Gasteiger partial charge in [0.2, 0.25) is 10.0 Å². The lowest BCUT2D eigenvalue weighted by Crippen LogP contribution is -2.35. The van der Waals surface area contributed by atoms with Crippen molar-refractivity contribution in [2.45, 2.75) is 50.0 Å². The van der Waals surface area contributed by atoms with E-state index in [1.807, 2.05) is 0 Å². The molecule has 2 fully saturated rings. The van der Waals surface area contributed by atoms with Gasteiger partial charge in [0.15, 0.2) is 6.10 Å². The number of hydrogen-bond acceptors (Lipinski definition) is 5. The fraction of sp³-hybridized carbons (Fsp3) is 0.556. The van der Waals surface area contributed by atoms with Crippen molar-refractivity contribution in [3.63, 3.8) is 0 Å². The number of rotatable bonds is 6. The maximum absolute atomic E-state index is 12.8. The zero-order chi connectivity index (χ0) is 19.6. The number of sulfonamides is 1. The summed E-state index contributed by atoms with van der Waals surface area (Å²) in [5, 5.41) is 2.77. The Bertz CT molecular complexity index is 832. The van der Waals surface area contributed by atoms with Crippen LogP contribution in [-0.4, -0.2) is 43.8 Å². The first-order valence-corrected chi connectivity index (χ1v) is 10.9. The number of esters is 1. The molecule has 1 saturated carbocycles. The van der Waals surface area contributed by atoms with E-state index in [1.165, 1.54) is 29.4 Å². The van der Waals surface area contributed by atoms with Crippen LogP contribution in [0.1, 0.15) is 39.0 Å². The number of anilines is 1. The summed E-state index contributed by atoms with van der Waals surface area (Å²) in [6, 6.07) is 4.22. The van der Waals surface area contributed by atoms with Gasteiger partial charge in [0.05, 0.1) is 21.5 Å². The second-order valence-electron chi connectivity index (χ2n) is 6.95. The number of carbonyl (C=O) groups excluding carboxylic acids is 2. The molecule has 0 spiro atoms. The molecule has 3 rings (SSSR count). The summed E-state index contributed by atoms with van der Waals surface area (Å²) in [5.74, 6) is -1.05. The van der Waals surface area contributed by atoms with Crippen molar-refractivity contribution in [1.82, 2.24) is 4.31 Å². The van der Waals surface area contributed by atoms with Crippen molar-refractivity contribution in [3.05, 3.63) is 23.2 Å². The molecule has 0 aromatic heterocycles. The van der Waals surface area contributed by atoms with Gasteiger partial charge in [-0.15, -0.1) is 0 Å². The maximum atomic E-state index is 12.8. The van der Waals surface area contributed by atoms with Crippen LogP contribution in [-0.2, 0) is 24.3 Å². The zero-order valence-electron chi connectivity index (χ0n) is 15.1. The third-order valence-corrected chi connectivity index (χ3v) is 6.95. The van der Waals surface area contributed by atoms with Crippen LogP contribution in [0, 0.1) is 5.92 Å². The Morgan fingerprint density at radius 2 is 1.89 bits per heavy atom. The summed E-state index contributed by atoms with van der Waals surface area (Å²) < 4.78 is 32.2. The normalized spacial score (nSPS) is 19.3. The van der Waals surface area contributed by atoms with Gasteiger partial charge in [-0.1, -0.05) is 18.0 Å². The van der Waals surface area contributed by atoms with E-state index in [2.05, 4.69) is 5.32 Å². The summed E-state index contributed by atoms with van der Waals surface area (Å²) in [4.78, 5) is 24.1. The number of hydrogen-bond donors (Lipinski definition) is 1. The number of halogens is 1. The van der Waals surface area contributed by atoms with E-state index in [0.29, 0.717) is 13.1 Å². The van der Waals surface area contributed by atoms with Gasteiger partial charge in [0.1, 0.15) is 0 Å². The average Bonchev–Trinajstić information content (AvgIpc) is 3.49. The minimum Gasteiger partial charge on any atom is -0.452 e. The first kappa shape index (κ1) is 20.1. The number of benzene rings is 1. The number of amides is 1. The number of piperidine rings is 1. The molecule has 27 heavy (non-hydrogen) atoms. The van der Waals surface area contributed by atoms with Gasteiger partial charge in [-0.2, -0.15) is 4.31 Å². The molecule has 148 valence electrons. The second-order valence-corrected chi connectivity index (χ2v) is 9.29. The molecule has 1 amide bonds. The SMILES string of the molecule is C[C@H](OC(=O)C1CC1)C(=O)Nc1cc(S(=O)(=O)N2CCCCC2)ccc1Cl. The lowest BCUT2D eigenvalue weighted by Gasteiger charge is -2.26. The van der Waals surface area contributed by atoms with E-state index in [9.17, 15) is 18.0 Å². The topological polar surface area (TPSA) is 92.8 Å². The third-order valence-electron chi connectivity index (χ3n) is 4.72. The van der Waals surface area contributed by atoms with Crippen LogP contribution in [0.25, 0.3) is 0 Å². The molecular formula is C18H23ClN2O5S. The lowest BCUT2D eigenvalue weighted by atomic mass is 10.2. The fourth-order valence-corrected chi connectivity index (χ4v) is 4.60. The summed E-state index contributed by atoms with van der Waals surface area (Å²) in [6.07, 6.45) is 3.27. The number of ether oxygens (including phenoxy) is 1. The first-order valence-electron chi connectivity index (χ1n) is 9.10. The molecule has 2 aliphatic rings. The number of nitrogens with zero attached hydrogens (tertiary/aromatic N) is 1. The van der Waals surface area contributed by atoms with Gasteiger partial charge in [0.25, 0.3) is 5.91 Å². The van der Waals surface area contributed by atoms with Crippen molar-refractivity contribution >= 4 is 39.2 Å². The number of carbonyl (C=O) groups is 2. The lowest BCUT2D eigenvalue weighted by molar-refractivity contribution is -0.154. The van der Waals surface area contributed by atoms with Crippen molar-refractivity contribution in [1.29, 1.82) is 0 Å². The van der Waals surface area contributed by atoms with Gasteiger partial charge in [-0.25, -0.2) is 8.42 Å². The first-order chi connectivity index (χ1) is 12.8. The molecule has 0 bridgehead atoms. The molecule has 1 N–H and O–H groups in total. The van der Waals surface area contributed by atoms with Gasteiger partial charge in [-0.05, 0) is 50.8 Å². The summed E-state index contributed by atoms with van der Waals surface area (Å²) in [5.41, 5.74) is 0.175. The Hall–Kier alpha value is -1.64. The highest BCUT2D eigenvalue weighted by Gasteiger charge is 2.33. The molecule has 1 aliphatic carbocycles. The molecule has 1 atom stereocenters. The predicted molar refractivity (Wildman–Crippen MR) is 101 cm³/mol. The predicted octanol–water partition coefficient (Wildman–Crippen LogP) is 2.79. The number of nitrogens with one attached hydrogen (secondary N) is 1. The third kappa shape index (κ3) is 4.80. The highest BCUT2D eigenvalue weighted by molar-refractivity contribution is 7.89. The van der Waals surface area contributed by atoms with E-state index in [1.54, 1.807) is 0 Å². The van der Waals surface area contributed by atoms with Crippen LogP contribution >= 0.6 is 11.6 Å². The van der Waals surface area contributed by atoms with Gasteiger partial charge < -0.3 is 10.1 Å². The van der Waals surface area contributed by atoms with E-state index in [-0.39, 0.29) is 27.5 Å². The highest BCUT2D eigenvalue weighted by Crippen LogP contribution is 2.31. The van der Waals surface area contributed by atoms with Gasteiger partial charge >= 0.3 is 5.97 Å². The molecule has 1 aromatic rings. The molecule has 1 heterocycles. The molecule has 1 saturated heterocycles. The Morgan fingerprint density at radius 3 is 2.52 bits per heavy atom. The van der Waals surface area contributed by atoms with Gasteiger partial charge in [-0.3, -0.25) is 9.59 Å². The van der Waals surface area contributed by atoms with Crippen molar-refractivity contribution in [3.8, 4) is 0 Å². The minimum atomic E-state index is -3.64. The second kappa shape index (κ2) is 8.16. The standard InChI is InChI=1S/C18H23ClN2O5S/c1-12(26-18(23)13-5-6-13)17(22)20-16-11-14(7-8-15(16)19)27(24,25)21-9-3-2-4-10-21/h7-8,11-13H,2-6,9-10H2,1H3,(H,20,22)/t12-/m0/s1. The zero-order valence-corrected chi connectivity index (χ0v) is 16.7. The highest BCUT2D eigenvalue weighted by atomic mass is 35.5. The molecule has 0 radical (unpaired) electrons. The Morgan fingerprint density at radius 1 is 1.22 bits per heavy atom. The molecule has 0 unspecified atom stereocenters. The Balaban J connectivity index is 1.72. The fourth-order valence-electron chi connectivity index (χ4n) is 2.89. The van der Waals surface area contributed by atoms with Crippen LogP contribution < -0.4 is 5.32 Å². The smallest absolute Gasteiger partial charge is 0.309 e. The van der Waals surface area contributed by atoms with Crippen molar-refractivity contribution < 1.29 is 22.7 Å². The summed E-state index contributed by atoms with van der Waals surface area (Å²) in [6.45, 7) is 2.44. The maximum Gasteiger partial charge on any atom is 0.309 e. The van der Waals surface area contributed by atoms with Crippen molar-refractivity contribution in [2.24, 2.45) is 5.92 Å². The molecule has 9 heteroatoms. The van der Waals surface area contributed by atoms with E-state index < -0.39 is 22.0 Å². The largest absolute Gasteiger partial charge is 0.452 e. The molecular weight excluding hydrogens is 392 g/mol. The minimum absolute atomic E-state index is 0.0757. The molecule has 1 aliphatic heterocycles. The van der Waals surface area contributed by atoms with E-state index in [0.717, 1.165) is 32.1 Å². The Kier molecular flexibility index (Phi) is 6.08.